The molecule has 0 bridgehead atoms. The van der Waals surface area contributed by atoms with Crippen LogP contribution in [0.15, 0.2) is 53.4 Å². The number of carbonyl (C=O) groups is 1. The molecule has 0 aliphatic rings. The predicted molar refractivity (Wildman–Crippen MR) is 118 cm³/mol. The highest BCUT2D eigenvalue weighted by Crippen LogP contribution is 2.27. The molecule has 1 N–H and O–H groups in total. The van der Waals surface area contributed by atoms with E-state index in [9.17, 15) is 4.79 Å². The number of fused-ring (bicyclic) bond motifs is 1. The summed E-state index contributed by atoms with van der Waals surface area (Å²) in [6.07, 6.45) is 5.09. The highest BCUT2D eigenvalue weighted by Gasteiger charge is 2.20. The third-order valence-corrected chi connectivity index (χ3v) is 4.82. The number of hydrogen-bond donors (Lipinski definition) is 1. The van der Waals surface area contributed by atoms with Crippen molar-refractivity contribution in [2.24, 2.45) is 0 Å². The third-order valence-electron chi connectivity index (χ3n) is 4.82. The number of aromatic nitrogens is 4. The van der Waals surface area contributed by atoms with Crippen LogP contribution >= 0.6 is 0 Å². The lowest BCUT2D eigenvalue weighted by atomic mass is 9.92. The molecule has 1 aromatic carbocycles. The number of benzene rings is 1. The van der Waals surface area contributed by atoms with Gasteiger partial charge in [0.25, 0.3) is 0 Å². The van der Waals surface area contributed by atoms with Gasteiger partial charge in [-0.3, -0.25) is 9.88 Å². The molecule has 31 heavy (non-hydrogen) atoms. The molecule has 8 heteroatoms. The maximum atomic E-state index is 12.7. The van der Waals surface area contributed by atoms with Gasteiger partial charge in [0.05, 0.1) is 11.2 Å². The van der Waals surface area contributed by atoms with Crippen LogP contribution in [0.1, 0.15) is 45.5 Å². The zero-order chi connectivity index (χ0) is 22.0. The minimum absolute atomic E-state index is 0.163. The van der Waals surface area contributed by atoms with Crippen LogP contribution in [-0.4, -0.2) is 25.7 Å². The van der Waals surface area contributed by atoms with Crippen molar-refractivity contribution in [3.8, 4) is 11.6 Å². The first-order chi connectivity index (χ1) is 14.8. The average molecular weight is 419 g/mol. The fourth-order valence-electron chi connectivity index (χ4n) is 3.16. The van der Waals surface area contributed by atoms with Crippen LogP contribution in [0.4, 0.5) is 10.7 Å². The summed E-state index contributed by atoms with van der Waals surface area (Å²) in [6.45, 7) is 8.19. The van der Waals surface area contributed by atoms with E-state index in [4.69, 9.17) is 9.26 Å². The molecular weight excluding hydrogens is 394 g/mol. The Morgan fingerprint density at radius 3 is 2.74 bits per heavy atom. The highest BCUT2D eigenvalue weighted by atomic mass is 16.5. The Kier molecular flexibility index (Phi) is 5.46. The fraction of sp³-hybridized carbons (Fsp3) is 0.304. The van der Waals surface area contributed by atoms with Crippen LogP contribution in [0.25, 0.3) is 10.9 Å². The molecule has 4 rings (SSSR count). The van der Waals surface area contributed by atoms with Crippen molar-refractivity contribution in [2.45, 2.75) is 46.0 Å². The first kappa shape index (κ1) is 20.6. The van der Waals surface area contributed by atoms with Crippen molar-refractivity contribution >= 4 is 22.8 Å². The maximum absolute atomic E-state index is 12.7. The number of aryl methyl sites for hydroxylation is 1. The molecule has 0 spiro atoms. The lowest BCUT2D eigenvalue weighted by Gasteiger charge is -2.12. The number of nitrogens with one attached hydrogen (secondary N) is 1. The normalized spacial score (nSPS) is 11.6. The molecule has 0 unspecified atom stereocenters. The molecule has 0 saturated heterocycles. The molecule has 0 radical (unpaired) electrons. The quantitative estimate of drug-likeness (QED) is 0.456. The monoisotopic (exact) mass is 419 g/mol. The summed E-state index contributed by atoms with van der Waals surface area (Å²) >= 11 is 0. The fourth-order valence-corrected chi connectivity index (χ4v) is 3.16. The largest absolute Gasteiger partial charge is 0.439 e. The van der Waals surface area contributed by atoms with Crippen LogP contribution in [0.2, 0.25) is 0 Å². The van der Waals surface area contributed by atoms with Crippen molar-refractivity contribution in [3.63, 3.8) is 0 Å². The highest BCUT2D eigenvalue weighted by molar-refractivity contribution is 5.98. The minimum atomic E-state index is -0.333. The van der Waals surface area contributed by atoms with Crippen LogP contribution in [0, 0.1) is 0 Å². The van der Waals surface area contributed by atoms with Gasteiger partial charge in [0.1, 0.15) is 12.1 Å². The van der Waals surface area contributed by atoms with Gasteiger partial charge in [-0.05, 0) is 30.7 Å². The molecule has 3 aromatic heterocycles. The van der Waals surface area contributed by atoms with Crippen molar-refractivity contribution in [1.82, 2.24) is 19.7 Å². The number of ether oxygens (including phenoxy) is 1. The van der Waals surface area contributed by atoms with E-state index >= 15 is 0 Å². The Morgan fingerprint density at radius 2 is 2.00 bits per heavy atom. The molecule has 0 aliphatic carbocycles. The Balaban J connectivity index is 1.51. The van der Waals surface area contributed by atoms with E-state index in [1.54, 1.807) is 18.3 Å². The van der Waals surface area contributed by atoms with E-state index in [0.717, 1.165) is 35.1 Å². The smallest absolute Gasteiger partial charge is 0.332 e. The summed E-state index contributed by atoms with van der Waals surface area (Å²) < 4.78 is 12.7. The van der Waals surface area contributed by atoms with Gasteiger partial charge in [0.2, 0.25) is 11.8 Å². The molecule has 3 heterocycles. The van der Waals surface area contributed by atoms with Gasteiger partial charge in [-0.1, -0.05) is 39.3 Å². The molecular formula is C23H25N5O3. The summed E-state index contributed by atoms with van der Waals surface area (Å²) in [6, 6.07) is 10.6. The zero-order valence-electron chi connectivity index (χ0n) is 18.0. The van der Waals surface area contributed by atoms with Gasteiger partial charge in [-0.2, -0.15) is 0 Å². The number of carbonyl (C=O) groups excluding carboxylic acids is 1. The summed E-state index contributed by atoms with van der Waals surface area (Å²) in [7, 11) is 0. The second-order valence-electron chi connectivity index (χ2n) is 8.36. The van der Waals surface area contributed by atoms with Crippen LogP contribution in [-0.2, 0) is 11.8 Å². The predicted octanol–water partition coefficient (Wildman–Crippen LogP) is 5.54. The van der Waals surface area contributed by atoms with Crippen molar-refractivity contribution in [3.05, 3.63) is 60.3 Å². The van der Waals surface area contributed by atoms with Gasteiger partial charge in [0.15, 0.2) is 0 Å². The first-order valence-electron chi connectivity index (χ1n) is 10.2. The number of rotatable bonds is 5. The molecule has 4 aromatic rings. The Hall–Kier alpha value is -3.68. The van der Waals surface area contributed by atoms with Crippen molar-refractivity contribution in [1.29, 1.82) is 0 Å². The summed E-state index contributed by atoms with van der Waals surface area (Å²) in [5.74, 6) is 1.44. The molecule has 0 saturated carbocycles. The topological polar surface area (TPSA) is 95.1 Å². The lowest BCUT2D eigenvalue weighted by molar-refractivity contribution is 0.253. The van der Waals surface area contributed by atoms with E-state index in [1.165, 1.54) is 10.9 Å². The Bertz CT molecular complexity index is 1220. The summed E-state index contributed by atoms with van der Waals surface area (Å²) in [5, 5.41) is 7.64. The van der Waals surface area contributed by atoms with E-state index in [0.29, 0.717) is 17.5 Å². The summed E-state index contributed by atoms with van der Waals surface area (Å²) in [4.78, 5) is 21.2. The van der Waals surface area contributed by atoms with E-state index in [2.05, 4.69) is 27.4 Å². The first-order valence-corrected chi connectivity index (χ1v) is 10.2. The van der Waals surface area contributed by atoms with Gasteiger partial charge in [0, 0.05) is 34.8 Å². The second-order valence-corrected chi connectivity index (χ2v) is 8.36. The third kappa shape index (κ3) is 4.58. The van der Waals surface area contributed by atoms with E-state index in [1.807, 2.05) is 45.0 Å². The molecule has 0 atom stereocenters. The molecule has 0 fully saturated rings. The van der Waals surface area contributed by atoms with Gasteiger partial charge in [-0.25, -0.2) is 14.8 Å². The number of nitrogens with zero attached hydrogens (tertiary/aromatic N) is 4. The maximum Gasteiger partial charge on any atom is 0.332 e. The lowest BCUT2D eigenvalue weighted by Crippen LogP contribution is -2.18. The SMILES string of the molecule is CCCc1cc(Oc2ccc3c(ccn3C(=O)Nc3cc(C(C)(C)C)no3)c2)ncn1. The van der Waals surface area contributed by atoms with Crippen LogP contribution < -0.4 is 10.1 Å². The number of amides is 1. The van der Waals surface area contributed by atoms with Gasteiger partial charge < -0.3 is 9.26 Å². The minimum Gasteiger partial charge on any atom is -0.439 e. The van der Waals surface area contributed by atoms with Crippen LogP contribution in [0.5, 0.6) is 11.6 Å². The van der Waals surface area contributed by atoms with E-state index in [-0.39, 0.29) is 11.4 Å². The molecule has 160 valence electrons. The average Bonchev–Trinajstić information content (AvgIpc) is 3.35. The second kappa shape index (κ2) is 8.22. The molecule has 0 aliphatic heterocycles. The van der Waals surface area contributed by atoms with Crippen LogP contribution in [0.3, 0.4) is 0 Å². The standard InChI is InChI=1S/C23H25N5O3/c1-5-6-16-12-20(25-14-24-16)30-17-7-8-18-15(11-17)9-10-28(18)22(29)26-21-13-19(27-31-21)23(2,3)4/h7-14H,5-6H2,1-4H3,(H,26,29). The van der Waals surface area contributed by atoms with E-state index < -0.39 is 0 Å². The molecule has 8 nitrogen and oxygen atoms in total. The van der Waals surface area contributed by atoms with Gasteiger partial charge >= 0.3 is 6.03 Å². The Labute approximate surface area is 180 Å². The van der Waals surface area contributed by atoms with Crippen molar-refractivity contribution < 1.29 is 14.1 Å². The Morgan fingerprint density at radius 1 is 1.16 bits per heavy atom. The van der Waals surface area contributed by atoms with Crippen molar-refractivity contribution in [2.75, 3.05) is 5.32 Å². The number of hydrogen-bond acceptors (Lipinski definition) is 6. The van der Waals surface area contributed by atoms with Gasteiger partial charge in [-0.15, -0.1) is 0 Å². The molecule has 1 amide bonds. The summed E-state index contributed by atoms with van der Waals surface area (Å²) in [5.41, 5.74) is 2.30. The number of anilines is 1. The zero-order valence-corrected chi connectivity index (χ0v) is 18.0.